The number of pyridine rings is 1. The molecule has 5 nitrogen and oxygen atoms in total. The fourth-order valence-corrected chi connectivity index (χ4v) is 2.68. The van der Waals surface area contributed by atoms with Gasteiger partial charge < -0.3 is 9.67 Å². The molecule has 0 radical (unpaired) electrons. The molecule has 0 saturated carbocycles. The fourth-order valence-electron chi connectivity index (χ4n) is 2.68. The van der Waals surface area contributed by atoms with Gasteiger partial charge in [-0.25, -0.2) is 4.98 Å². The zero-order chi connectivity index (χ0) is 17.7. The average molecular weight is 327 g/mol. The summed E-state index contributed by atoms with van der Waals surface area (Å²) in [4.78, 5) is 18.7. The van der Waals surface area contributed by atoms with E-state index in [9.17, 15) is 4.79 Å². The smallest absolute Gasteiger partial charge is 0.303 e. The number of hydrogen-bond acceptors (Lipinski definition) is 3. The number of fused-ring (bicyclic) bond motifs is 3. The highest BCUT2D eigenvalue weighted by atomic mass is 16.4. The van der Waals surface area contributed by atoms with Crippen LogP contribution in [0.2, 0.25) is 0 Å². The lowest BCUT2D eigenvalue weighted by Gasteiger charge is -2.09. The summed E-state index contributed by atoms with van der Waals surface area (Å²) in [7, 11) is 0. The number of carboxylic acid groups (broad SMARTS) is 1. The van der Waals surface area contributed by atoms with E-state index in [1.165, 1.54) is 10.9 Å². The minimum Gasteiger partial charge on any atom is -0.481 e. The molecule has 0 bridgehead atoms. The van der Waals surface area contributed by atoms with Gasteiger partial charge in [0.25, 0.3) is 0 Å². The average Bonchev–Trinajstić information content (AvgIpc) is 2.92. The SMILES string of the molecule is CCCC(=O)O.Cc1nc2ccccc2c2c1ncn2CC(C)C. The van der Waals surface area contributed by atoms with Crippen LogP contribution in [0.25, 0.3) is 21.9 Å². The molecule has 1 aromatic carbocycles. The summed E-state index contributed by atoms with van der Waals surface area (Å²) in [5.74, 6) is -0.105. The van der Waals surface area contributed by atoms with Crippen LogP contribution in [-0.4, -0.2) is 25.6 Å². The minimum absolute atomic E-state index is 0.292. The normalized spacial score (nSPS) is 10.9. The Morgan fingerprint density at radius 3 is 2.58 bits per heavy atom. The molecule has 2 heterocycles. The molecule has 0 saturated heterocycles. The fraction of sp³-hybridized carbons (Fsp3) is 0.421. The summed E-state index contributed by atoms with van der Waals surface area (Å²) in [6, 6.07) is 8.28. The lowest BCUT2D eigenvalue weighted by atomic mass is 10.1. The summed E-state index contributed by atoms with van der Waals surface area (Å²) in [5, 5.41) is 9.10. The van der Waals surface area contributed by atoms with Crippen LogP contribution in [-0.2, 0) is 11.3 Å². The molecule has 0 amide bonds. The number of rotatable bonds is 4. The zero-order valence-corrected chi connectivity index (χ0v) is 14.8. The maximum Gasteiger partial charge on any atom is 0.303 e. The maximum absolute atomic E-state index is 9.60. The predicted molar refractivity (Wildman–Crippen MR) is 97.2 cm³/mol. The molecule has 24 heavy (non-hydrogen) atoms. The van der Waals surface area contributed by atoms with E-state index >= 15 is 0 Å². The van der Waals surface area contributed by atoms with E-state index in [1.807, 2.05) is 26.2 Å². The van der Waals surface area contributed by atoms with Crippen molar-refractivity contribution in [1.82, 2.24) is 14.5 Å². The molecule has 2 aromatic heterocycles. The van der Waals surface area contributed by atoms with E-state index in [2.05, 4.69) is 46.6 Å². The number of aryl methyl sites for hydroxylation is 1. The van der Waals surface area contributed by atoms with E-state index in [-0.39, 0.29) is 0 Å². The molecule has 0 aliphatic rings. The molecule has 0 fully saturated rings. The van der Waals surface area contributed by atoms with E-state index < -0.39 is 5.97 Å². The molecule has 0 aliphatic heterocycles. The molecular formula is C19H25N3O2. The van der Waals surface area contributed by atoms with E-state index in [1.54, 1.807) is 0 Å². The number of carbonyl (C=O) groups is 1. The van der Waals surface area contributed by atoms with Crippen LogP contribution in [0.4, 0.5) is 0 Å². The summed E-state index contributed by atoms with van der Waals surface area (Å²) in [6.07, 6.45) is 2.96. The Labute approximate surface area is 142 Å². The van der Waals surface area contributed by atoms with Gasteiger partial charge in [0, 0.05) is 18.4 Å². The number of nitrogens with zero attached hydrogens (tertiary/aromatic N) is 3. The number of aliphatic carboxylic acids is 1. The standard InChI is InChI=1S/C15H17N3.C4H8O2/c1-10(2)8-18-9-16-14-11(3)17-13-7-5-4-6-12(13)15(14)18;1-2-3-4(5)6/h4-7,9-10H,8H2,1-3H3;2-3H2,1H3,(H,5,6). The summed E-state index contributed by atoms with van der Waals surface area (Å²) in [6.45, 7) is 9.31. The topological polar surface area (TPSA) is 68.0 Å². The second kappa shape index (κ2) is 7.90. The monoisotopic (exact) mass is 327 g/mol. The van der Waals surface area contributed by atoms with Crippen molar-refractivity contribution < 1.29 is 9.90 Å². The van der Waals surface area contributed by atoms with Crippen molar-refractivity contribution >= 4 is 27.9 Å². The van der Waals surface area contributed by atoms with Crippen LogP contribution < -0.4 is 0 Å². The maximum atomic E-state index is 9.60. The summed E-state index contributed by atoms with van der Waals surface area (Å²) >= 11 is 0. The first kappa shape index (κ1) is 17.9. The highest BCUT2D eigenvalue weighted by molar-refractivity contribution is 6.03. The van der Waals surface area contributed by atoms with Crippen LogP contribution >= 0.6 is 0 Å². The van der Waals surface area contributed by atoms with Gasteiger partial charge in [-0.15, -0.1) is 0 Å². The Morgan fingerprint density at radius 2 is 2.00 bits per heavy atom. The first-order valence-electron chi connectivity index (χ1n) is 8.36. The van der Waals surface area contributed by atoms with Crippen molar-refractivity contribution in [2.45, 2.75) is 47.1 Å². The molecule has 128 valence electrons. The summed E-state index contributed by atoms with van der Waals surface area (Å²) in [5.41, 5.74) is 4.29. The van der Waals surface area contributed by atoms with Gasteiger partial charge in [0.2, 0.25) is 0 Å². The van der Waals surface area contributed by atoms with Gasteiger partial charge in [-0.05, 0) is 25.3 Å². The van der Waals surface area contributed by atoms with Crippen LogP contribution in [0.15, 0.2) is 30.6 Å². The van der Waals surface area contributed by atoms with Crippen LogP contribution in [0.3, 0.4) is 0 Å². The van der Waals surface area contributed by atoms with Crippen molar-refractivity contribution in [2.24, 2.45) is 5.92 Å². The third-order valence-corrected chi connectivity index (χ3v) is 3.65. The lowest BCUT2D eigenvalue weighted by molar-refractivity contribution is -0.137. The Hall–Kier alpha value is -2.43. The van der Waals surface area contributed by atoms with Crippen molar-refractivity contribution in [3.63, 3.8) is 0 Å². The van der Waals surface area contributed by atoms with Crippen molar-refractivity contribution in [2.75, 3.05) is 0 Å². The second-order valence-corrected chi connectivity index (χ2v) is 6.35. The largest absolute Gasteiger partial charge is 0.481 e. The number of benzene rings is 1. The van der Waals surface area contributed by atoms with Crippen molar-refractivity contribution in [1.29, 1.82) is 0 Å². The predicted octanol–water partition coefficient (Wildman–Crippen LogP) is 4.42. The number of carboxylic acids is 1. The van der Waals surface area contributed by atoms with Crippen molar-refractivity contribution in [3.8, 4) is 0 Å². The number of hydrogen-bond donors (Lipinski definition) is 1. The number of aromatic nitrogens is 3. The highest BCUT2D eigenvalue weighted by Crippen LogP contribution is 2.25. The molecule has 3 rings (SSSR count). The first-order chi connectivity index (χ1) is 11.4. The van der Waals surface area contributed by atoms with E-state index in [0.717, 1.165) is 29.7 Å². The Morgan fingerprint density at radius 1 is 1.29 bits per heavy atom. The molecule has 0 unspecified atom stereocenters. The van der Waals surface area contributed by atoms with Gasteiger partial charge in [0.05, 0.1) is 23.1 Å². The van der Waals surface area contributed by atoms with E-state index in [0.29, 0.717) is 12.3 Å². The number of para-hydroxylation sites is 1. The molecule has 0 atom stereocenters. The minimum atomic E-state index is -0.711. The summed E-state index contributed by atoms with van der Waals surface area (Å²) < 4.78 is 2.25. The van der Waals surface area contributed by atoms with Gasteiger partial charge in [-0.1, -0.05) is 39.0 Å². The molecular weight excluding hydrogens is 302 g/mol. The molecule has 1 N–H and O–H groups in total. The van der Waals surface area contributed by atoms with Gasteiger partial charge in [0.1, 0.15) is 5.52 Å². The highest BCUT2D eigenvalue weighted by Gasteiger charge is 2.11. The van der Waals surface area contributed by atoms with Gasteiger partial charge in [-0.2, -0.15) is 0 Å². The molecule has 3 aromatic rings. The third-order valence-electron chi connectivity index (χ3n) is 3.65. The quantitative estimate of drug-likeness (QED) is 0.770. The molecule has 0 aliphatic carbocycles. The zero-order valence-electron chi connectivity index (χ0n) is 14.8. The Balaban J connectivity index is 0.000000301. The van der Waals surface area contributed by atoms with Gasteiger partial charge in [-0.3, -0.25) is 9.78 Å². The van der Waals surface area contributed by atoms with Crippen LogP contribution in [0, 0.1) is 12.8 Å². The number of imidazole rings is 1. The van der Waals surface area contributed by atoms with Crippen molar-refractivity contribution in [3.05, 3.63) is 36.3 Å². The second-order valence-electron chi connectivity index (χ2n) is 6.35. The van der Waals surface area contributed by atoms with Crippen LogP contribution in [0.5, 0.6) is 0 Å². The third kappa shape index (κ3) is 4.10. The molecule has 5 heteroatoms. The Kier molecular flexibility index (Phi) is 5.90. The molecule has 0 spiro atoms. The van der Waals surface area contributed by atoms with Crippen LogP contribution in [0.1, 0.15) is 39.3 Å². The Bertz CT molecular complexity index is 837. The van der Waals surface area contributed by atoms with Gasteiger partial charge in [0.15, 0.2) is 0 Å². The lowest BCUT2D eigenvalue weighted by Crippen LogP contribution is -2.03. The first-order valence-corrected chi connectivity index (χ1v) is 8.36. The van der Waals surface area contributed by atoms with Gasteiger partial charge >= 0.3 is 5.97 Å². The van der Waals surface area contributed by atoms with E-state index in [4.69, 9.17) is 5.11 Å².